The van der Waals surface area contributed by atoms with Crippen molar-refractivity contribution in [2.75, 3.05) is 0 Å². The quantitative estimate of drug-likeness (QED) is 0.290. The van der Waals surface area contributed by atoms with Crippen molar-refractivity contribution in [1.29, 1.82) is 0 Å². The van der Waals surface area contributed by atoms with Crippen molar-refractivity contribution in [2.24, 2.45) is 0 Å². The zero-order valence-corrected chi connectivity index (χ0v) is 19.6. The van der Waals surface area contributed by atoms with Gasteiger partial charge in [-0.25, -0.2) is 0 Å². The van der Waals surface area contributed by atoms with E-state index in [1.807, 2.05) is 18.2 Å². The Morgan fingerprint density at radius 3 is 2.31 bits per heavy atom. The van der Waals surface area contributed by atoms with Crippen LogP contribution >= 0.6 is 0 Å². The maximum Gasteiger partial charge on any atom is 0.569 e. The fourth-order valence-corrected chi connectivity index (χ4v) is 6.01. The molecule has 7 rings (SSSR count). The molecule has 1 aliphatic carbocycles. The van der Waals surface area contributed by atoms with Crippen LogP contribution in [0.2, 0.25) is 0 Å². The largest absolute Gasteiger partial charge is 0.569 e. The molecule has 35 heavy (non-hydrogen) atoms. The van der Waals surface area contributed by atoms with E-state index in [4.69, 9.17) is 4.65 Å². The molecule has 0 spiro atoms. The first-order valence-electron chi connectivity index (χ1n) is 11.9. The lowest BCUT2D eigenvalue weighted by atomic mass is 9.82. The Morgan fingerprint density at radius 1 is 0.714 bits per heavy atom. The Balaban J connectivity index is 1.64. The van der Waals surface area contributed by atoms with Gasteiger partial charge in [0.25, 0.3) is 0 Å². The topological polar surface area (TPSA) is 34.4 Å². The smallest absolute Gasteiger partial charge is 0.537 e. The van der Waals surface area contributed by atoms with Crippen LogP contribution in [-0.4, -0.2) is 17.3 Å². The van der Waals surface area contributed by atoms with Gasteiger partial charge in [-0.15, -0.1) is 0 Å². The van der Waals surface area contributed by atoms with E-state index in [2.05, 4.69) is 97.3 Å². The van der Waals surface area contributed by atoms with Crippen molar-refractivity contribution in [3.8, 4) is 22.6 Å². The van der Waals surface area contributed by atoms with Gasteiger partial charge in [0, 0.05) is 21.9 Å². The van der Waals surface area contributed by atoms with Gasteiger partial charge in [0.05, 0.1) is 11.0 Å². The minimum absolute atomic E-state index is 0.0335. The van der Waals surface area contributed by atoms with Gasteiger partial charge in [-0.3, -0.25) is 0 Å². The molecule has 1 aromatic heterocycles. The standard InChI is InChI=1S/C31H23BNO2/c1-31(2)26-11-7-6-10-22(26)30-23-18-29-24(16-19(23)12-14-27(30)31)25-17-21(35-32-34)13-15-28(25)33(29)20-8-4-3-5-9-20/h3-18,34H,1-2H3. The van der Waals surface area contributed by atoms with Crippen LogP contribution in [0.3, 0.4) is 0 Å². The highest BCUT2D eigenvalue weighted by Gasteiger charge is 2.36. The van der Waals surface area contributed by atoms with Gasteiger partial charge in [0.2, 0.25) is 0 Å². The van der Waals surface area contributed by atoms with Gasteiger partial charge in [0.1, 0.15) is 5.75 Å². The lowest BCUT2D eigenvalue weighted by molar-refractivity contribution is 0.454. The Bertz CT molecular complexity index is 1780. The normalized spacial score (nSPS) is 13.8. The molecule has 4 heteroatoms. The molecule has 5 aromatic carbocycles. The van der Waals surface area contributed by atoms with Crippen molar-refractivity contribution in [2.45, 2.75) is 19.3 Å². The van der Waals surface area contributed by atoms with Gasteiger partial charge in [-0.1, -0.05) is 68.4 Å². The summed E-state index contributed by atoms with van der Waals surface area (Å²) in [4.78, 5) is 0. The summed E-state index contributed by atoms with van der Waals surface area (Å²) >= 11 is 0. The minimum Gasteiger partial charge on any atom is -0.537 e. The molecule has 0 aliphatic heterocycles. The fraction of sp³-hybridized carbons (Fsp3) is 0.0968. The summed E-state index contributed by atoms with van der Waals surface area (Å²) in [6.07, 6.45) is 0. The fourth-order valence-electron chi connectivity index (χ4n) is 6.01. The highest BCUT2D eigenvalue weighted by Crippen LogP contribution is 2.51. The minimum atomic E-state index is -0.0335. The summed E-state index contributed by atoms with van der Waals surface area (Å²) in [6.45, 7) is 4.64. The van der Waals surface area contributed by atoms with E-state index in [9.17, 15) is 5.02 Å². The highest BCUT2D eigenvalue weighted by atomic mass is 16.5. The molecule has 1 N–H and O–H groups in total. The zero-order chi connectivity index (χ0) is 23.7. The average Bonchev–Trinajstić information content (AvgIpc) is 3.32. The van der Waals surface area contributed by atoms with Crippen molar-refractivity contribution in [1.82, 2.24) is 4.57 Å². The Morgan fingerprint density at radius 2 is 1.49 bits per heavy atom. The second-order valence-electron chi connectivity index (χ2n) is 9.82. The van der Waals surface area contributed by atoms with Gasteiger partial charge >= 0.3 is 7.69 Å². The monoisotopic (exact) mass is 452 g/mol. The molecule has 0 atom stereocenters. The summed E-state index contributed by atoms with van der Waals surface area (Å²) in [5, 5.41) is 13.9. The number of fused-ring (bicyclic) bond motifs is 8. The number of para-hydroxylation sites is 1. The van der Waals surface area contributed by atoms with E-state index < -0.39 is 0 Å². The van der Waals surface area contributed by atoms with Crippen LogP contribution < -0.4 is 4.65 Å². The second kappa shape index (κ2) is 7.24. The van der Waals surface area contributed by atoms with Gasteiger partial charge in [0.15, 0.2) is 0 Å². The van der Waals surface area contributed by atoms with Crippen molar-refractivity contribution >= 4 is 40.3 Å². The Hall–Kier alpha value is -4.02. The first kappa shape index (κ1) is 20.4. The summed E-state index contributed by atoms with van der Waals surface area (Å²) in [5.74, 6) is 0.608. The maximum absolute atomic E-state index is 9.19. The third-order valence-corrected chi connectivity index (χ3v) is 7.62. The van der Waals surface area contributed by atoms with E-state index in [0.717, 1.165) is 35.2 Å². The number of rotatable bonds is 3. The van der Waals surface area contributed by atoms with Gasteiger partial charge in [-0.05, 0) is 75.5 Å². The number of benzene rings is 5. The van der Waals surface area contributed by atoms with Crippen LogP contribution in [0, 0.1) is 0 Å². The van der Waals surface area contributed by atoms with Crippen molar-refractivity contribution in [3.63, 3.8) is 0 Å². The first-order chi connectivity index (χ1) is 17.1. The Labute approximate surface area is 204 Å². The molecule has 1 heterocycles. The predicted molar refractivity (Wildman–Crippen MR) is 144 cm³/mol. The molecular formula is C31H23BNO2. The molecule has 1 aliphatic rings. The molecule has 0 amide bonds. The average molecular weight is 452 g/mol. The number of hydrogen-bond acceptors (Lipinski definition) is 2. The highest BCUT2D eigenvalue weighted by molar-refractivity contribution is 6.18. The second-order valence-corrected chi connectivity index (χ2v) is 9.82. The van der Waals surface area contributed by atoms with Crippen LogP contribution in [0.5, 0.6) is 5.75 Å². The Kier molecular flexibility index (Phi) is 4.21. The summed E-state index contributed by atoms with van der Waals surface area (Å²) < 4.78 is 7.63. The molecule has 0 unspecified atom stereocenters. The van der Waals surface area contributed by atoms with Crippen LogP contribution in [0.25, 0.3) is 49.4 Å². The summed E-state index contributed by atoms with van der Waals surface area (Å²) in [5.41, 5.74) is 8.76. The van der Waals surface area contributed by atoms with Crippen LogP contribution in [0.1, 0.15) is 25.0 Å². The molecular weight excluding hydrogens is 429 g/mol. The molecule has 0 saturated heterocycles. The third kappa shape index (κ3) is 2.78. The molecule has 6 aromatic rings. The number of nitrogens with zero attached hydrogens (tertiary/aromatic N) is 1. The summed E-state index contributed by atoms with van der Waals surface area (Å²) in [6, 6.07) is 34.4. The van der Waals surface area contributed by atoms with Crippen LogP contribution in [0.4, 0.5) is 0 Å². The molecule has 3 nitrogen and oxygen atoms in total. The predicted octanol–water partition coefficient (Wildman–Crippen LogP) is 7.15. The first-order valence-corrected chi connectivity index (χ1v) is 11.9. The zero-order valence-electron chi connectivity index (χ0n) is 19.6. The van der Waals surface area contributed by atoms with Crippen molar-refractivity contribution < 1.29 is 9.68 Å². The number of hydrogen-bond donors (Lipinski definition) is 1. The maximum atomic E-state index is 9.19. The van der Waals surface area contributed by atoms with Crippen LogP contribution in [-0.2, 0) is 5.41 Å². The van der Waals surface area contributed by atoms with E-state index in [1.165, 1.54) is 33.0 Å². The molecule has 0 fully saturated rings. The van der Waals surface area contributed by atoms with Gasteiger partial charge < -0.3 is 14.2 Å². The molecule has 0 bridgehead atoms. The SMILES string of the molecule is CC1(C)c2ccccc2-c2c1ccc1cc3c4cc(O[B]O)ccc4n(-c4ccccc4)c3cc21. The third-order valence-electron chi connectivity index (χ3n) is 7.62. The van der Waals surface area contributed by atoms with E-state index >= 15 is 0 Å². The summed E-state index contributed by atoms with van der Waals surface area (Å²) in [7, 11) is 0.732. The van der Waals surface area contributed by atoms with Crippen LogP contribution in [0.15, 0.2) is 97.1 Å². The van der Waals surface area contributed by atoms with Gasteiger partial charge in [-0.2, -0.15) is 0 Å². The molecule has 1 radical (unpaired) electrons. The van der Waals surface area contributed by atoms with E-state index in [1.54, 1.807) is 0 Å². The lowest BCUT2D eigenvalue weighted by Crippen LogP contribution is -2.14. The van der Waals surface area contributed by atoms with E-state index in [-0.39, 0.29) is 5.41 Å². The lowest BCUT2D eigenvalue weighted by Gasteiger charge is -2.21. The molecule has 0 saturated carbocycles. The van der Waals surface area contributed by atoms with E-state index in [0.29, 0.717) is 5.75 Å². The number of aromatic nitrogens is 1. The van der Waals surface area contributed by atoms with Crippen molar-refractivity contribution in [3.05, 3.63) is 108 Å². The molecule has 167 valence electrons.